The van der Waals surface area contributed by atoms with E-state index in [1.807, 2.05) is 0 Å². The number of hydrogen-bond donors (Lipinski definition) is 0. The van der Waals surface area contributed by atoms with Crippen LogP contribution in [0.5, 0.6) is 5.75 Å². The van der Waals surface area contributed by atoms with Crippen molar-refractivity contribution in [3.63, 3.8) is 0 Å². The monoisotopic (exact) mass is 555 g/mol. The van der Waals surface area contributed by atoms with Gasteiger partial charge in [-0.15, -0.1) is 0 Å². The molecule has 0 radical (unpaired) electrons. The zero-order valence-electron chi connectivity index (χ0n) is 19.1. The molecule has 39 heavy (non-hydrogen) atoms. The van der Waals surface area contributed by atoms with E-state index in [0.717, 1.165) is 18.2 Å². The van der Waals surface area contributed by atoms with Gasteiger partial charge in [-0.2, -0.15) is 22.7 Å². The van der Waals surface area contributed by atoms with Gasteiger partial charge in [0.25, 0.3) is 0 Å². The maximum atomic E-state index is 14.1. The third kappa shape index (κ3) is 4.98. The topological polar surface area (TPSA) is 78.9 Å². The van der Waals surface area contributed by atoms with E-state index >= 15 is 0 Å². The molecule has 1 aromatic heterocycles. The summed E-state index contributed by atoms with van der Waals surface area (Å²) in [5.74, 6) is -8.31. The Balaban J connectivity index is 1.30. The molecule has 0 saturated carbocycles. The van der Waals surface area contributed by atoms with Crippen LogP contribution in [0.1, 0.15) is 5.76 Å². The molecular weight excluding hydrogens is 542 g/mol. The van der Waals surface area contributed by atoms with Crippen LogP contribution in [-0.4, -0.2) is 43.4 Å². The molecule has 0 aliphatic carbocycles. The molecule has 0 amide bonds. The van der Waals surface area contributed by atoms with Crippen molar-refractivity contribution in [3.05, 3.63) is 78.3 Å². The first-order valence-corrected chi connectivity index (χ1v) is 10.9. The van der Waals surface area contributed by atoms with E-state index in [1.54, 1.807) is 0 Å². The summed E-state index contributed by atoms with van der Waals surface area (Å²) in [6.45, 7) is 0.0512. The van der Waals surface area contributed by atoms with Gasteiger partial charge in [0.2, 0.25) is 0 Å². The van der Waals surface area contributed by atoms with Gasteiger partial charge in [0, 0.05) is 11.6 Å². The molecule has 2 aliphatic rings. The number of hydrogen-bond acceptors (Lipinski definition) is 6. The average Bonchev–Trinajstić information content (AvgIpc) is 3.52. The lowest BCUT2D eigenvalue weighted by Gasteiger charge is -2.25. The fourth-order valence-corrected chi connectivity index (χ4v) is 3.46. The second-order valence-corrected chi connectivity index (χ2v) is 8.14. The number of benzene rings is 2. The molecule has 0 spiro atoms. The molecule has 0 bridgehead atoms. The van der Waals surface area contributed by atoms with Crippen LogP contribution >= 0.6 is 0 Å². The molecule has 3 heterocycles. The first-order valence-electron chi connectivity index (χ1n) is 10.9. The minimum atomic E-state index is -5.69. The Morgan fingerprint density at radius 2 is 1.64 bits per heavy atom. The number of alkyl halides is 6. The highest BCUT2D eigenvalue weighted by Gasteiger charge is 2.66. The lowest BCUT2D eigenvalue weighted by atomic mass is 10.1. The number of fused-ring (bicyclic) bond motifs is 1. The molecule has 0 saturated heterocycles. The first kappa shape index (κ1) is 26.1. The van der Waals surface area contributed by atoms with Crippen LogP contribution in [0.15, 0.2) is 65.4 Å². The van der Waals surface area contributed by atoms with Gasteiger partial charge in [-0.1, -0.05) is 11.2 Å². The van der Waals surface area contributed by atoms with Crippen LogP contribution in [0, 0.1) is 11.6 Å². The van der Waals surface area contributed by atoms with E-state index in [2.05, 4.69) is 25.0 Å². The standard InChI is InChI=1S/C24H13F8N5O2/c25-16-3-1-2-15(20(16)26)21-34-18-9-33-37(11-19(18)35-21)10-14-8-17(36-39-14)12-4-6-13(7-5-12)38-24(31,32)23(29,30)22(27)28/h1-9,11,22H,10H2. The molecule has 0 fully saturated rings. The van der Waals surface area contributed by atoms with E-state index in [-0.39, 0.29) is 23.6 Å². The van der Waals surface area contributed by atoms with Gasteiger partial charge in [0.15, 0.2) is 23.2 Å². The van der Waals surface area contributed by atoms with Gasteiger partial charge in [-0.3, -0.25) is 4.68 Å². The van der Waals surface area contributed by atoms with Crippen molar-refractivity contribution in [3.8, 4) is 39.8 Å². The van der Waals surface area contributed by atoms with Gasteiger partial charge in [0.1, 0.15) is 29.4 Å². The fraction of sp³-hybridized carbons (Fsp3) is 0.167. The van der Waals surface area contributed by atoms with E-state index in [1.165, 1.54) is 47.4 Å². The quantitative estimate of drug-likeness (QED) is 0.209. The van der Waals surface area contributed by atoms with Crippen molar-refractivity contribution in [1.29, 1.82) is 0 Å². The molecule has 5 rings (SSSR count). The molecule has 0 unspecified atom stereocenters. The predicted octanol–water partition coefficient (Wildman–Crippen LogP) is 6.30. The van der Waals surface area contributed by atoms with E-state index < -0.39 is 35.8 Å². The van der Waals surface area contributed by atoms with E-state index in [0.29, 0.717) is 22.7 Å². The summed E-state index contributed by atoms with van der Waals surface area (Å²) in [7, 11) is 0. The molecule has 0 atom stereocenters. The fourth-order valence-electron chi connectivity index (χ4n) is 3.46. The van der Waals surface area contributed by atoms with Crippen LogP contribution in [0.2, 0.25) is 0 Å². The molecule has 15 heteroatoms. The molecule has 2 aliphatic heterocycles. The van der Waals surface area contributed by atoms with Gasteiger partial charge >= 0.3 is 18.5 Å². The number of ether oxygens (including phenoxy) is 1. The van der Waals surface area contributed by atoms with Gasteiger partial charge in [0.05, 0.1) is 18.0 Å². The molecule has 2 aromatic carbocycles. The first-order chi connectivity index (χ1) is 18.4. The van der Waals surface area contributed by atoms with Gasteiger partial charge < -0.3 is 9.26 Å². The lowest BCUT2D eigenvalue weighted by molar-refractivity contribution is -0.342. The molecule has 3 aromatic rings. The molecule has 7 nitrogen and oxygen atoms in total. The number of nitrogens with zero attached hydrogens (tertiary/aromatic N) is 5. The van der Waals surface area contributed by atoms with Crippen molar-refractivity contribution in [1.82, 2.24) is 24.9 Å². The Hall–Kier alpha value is -4.56. The van der Waals surface area contributed by atoms with Crippen LogP contribution in [-0.2, 0) is 6.54 Å². The van der Waals surface area contributed by atoms with Crippen molar-refractivity contribution in [2.75, 3.05) is 0 Å². The Morgan fingerprint density at radius 1 is 0.923 bits per heavy atom. The van der Waals surface area contributed by atoms with Gasteiger partial charge in [-0.05, 0) is 36.4 Å². The maximum Gasteiger partial charge on any atom is 0.470 e. The summed E-state index contributed by atoms with van der Waals surface area (Å²) in [5.41, 5.74) is 1.12. The summed E-state index contributed by atoms with van der Waals surface area (Å²) < 4.78 is 116. The number of rotatable bonds is 8. The average molecular weight is 555 g/mol. The van der Waals surface area contributed by atoms with Crippen molar-refractivity contribution < 1.29 is 44.4 Å². The Morgan fingerprint density at radius 3 is 2.36 bits per heavy atom. The zero-order valence-corrected chi connectivity index (χ0v) is 19.1. The Labute approximate surface area is 213 Å². The van der Waals surface area contributed by atoms with Crippen LogP contribution in [0.4, 0.5) is 35.1 Å². The smallest absolute Gasteiger partial charge is 0.428 e. The largest absolute Gasteiger partial charge is 0.470 e. The van der Waals surface area contributed by atoms with E-state index in [4.69, 9.17) is 4.52 Å². The highest BCUT2D eigenvalue weighted by Crippen LogP contribution is 2.40. The number of imidazole rings is 1. The van der Waals surface area contributed by atoms with Crippen molar-refractivity contribution >= 4 is 0 Å². The highest BCUT2D eigenvalue weighted by atomic mass is 19.3. The van der Waals surface area contributed by atoms with Crippen LogP contribution < -0.4 is 4.74 Å². The van der Waals surface area contributed by atoms with Crippen molar-refractivity contribution in [2.45, 2.75) is 25.0 Å². The van der Waals surface area contributed by atoms with Crippen molar-refractivity contribution in [2.24, 2.45) is 0 Å². The lowest BCUT2D eigenvalue weighted by Crippen LogP contribution is -2.50. The van der Waals surface area contributed by atoms with E-state index in [9.17, 15) is 35.1 Å². The minimum absolute atomic E-state index is 0.0217. The highest BCUT2D eigenvalue weighted by molar-refractivity contribution is 5.65. The minimum Gasteiger partial charge on any atom is -0.428 e. The molecule has 0 N–H and O–H groups in total. The second kappa shape index (κ2) is 9.63. The summed E-state index contributed by atoms with van der Waals surface area (Å²) in [6, 6.07) is 9.28. The molecule has 202 valence electrons. The number of aromatic nitrogens is 5. The predicted molar refractivity (Wildman–Crippen MR) is 117 cm³/mol. The maximum absolute atomic E-state index is 14.1. The number of halogens is 8. The third-order valence-electron chi connectivity index (χ3n) is 5.44. The van der Waals surface area contributed by atoms with Crippen LogP contribution in [0.3, 0.4) is 0 Å². The molecular formula is C24H13F8N5O2. The second-order valence-electron chi connectivity index (χ2n) is 8.14. The third-order valence-corrected chi connectivity index (χ3v) is 5.44. The summed E-state index contributed by atoms with van der Waals surface area (Å²) >= 11 is 0. The summed E-state index contributed by atoms with van der Waals surface area (Å²) in [5, 5.41) is 8.01. The summed E-state index contributed by atoms with van der Waals surface area (Å²) in [4.78, 5) is 8.38. The SMILES string of the molecule is Fc1cccc(-c2nc3cnn(Cc4cc(-c5ccc(OC(F)(F)C(F)(F)C(F)F)cc5)no4)cc-3n2)c1F. The Kier molecular flexibility index (Phi) is 6.44. The normalized spacial score (nSPS) is 12.4. The van der Waals surface area contributed by atoms with Crippen LogP contribution in [0.25, 0.3) is 34.0 Å². The summed E-state index contributed by atoms with van der Waals surface area (Å²) in [6.07, 6.45) is -7.20. The Bertz CT molecular complexity index is 1590. The zero-order chi connectivity index (χ0) is 27.9. The van der Waals surface area contributed by atoms with Gasteiger partial charge in [-0.25, -0.2) is 27.5 Å².